The molecule has 0 bridgehead atoms. The van der Waals surface area contributed by atoms with E-state index >= 15 is 0 Å². The summed E-state index contributed by atoms with van der Waals surface area (Å²) in [6, 6.07) is -2.15. The van der Waals surface area contributed by atoms with Crippen molar-refractivity contribution in [3.63, 3.8) is 0 Å². The molecule has 2 amide bonds. The monoisotopic (exact) mass is 518 g/mol. The number of amides is 2. The molecule has 0 rings (SSSR count). The number of hydrogen-bond donors (Lipinski definition) is 4. The SMILES string of the molecule is CC(NC(=O)C(NCOC(C)(C)C)C(C)C)C(=O)NCCCC(N)C(=O)OCC(Cl)(Cl)Cl. The average Bonchev–Trinajstić information content (AvgIpc) is 2.64. The molecule has 0 radical (unpaired) electrons. The molecular weight excluding hydrogens is 483 g/mol. The van der Waals surface area contributed by atoms with Gasteiger partial charge in [-0.1, -0.05) is 48.7 Å². The van der Waals surface area contributed by atoms with E-state index in [0.717, 1.165) is 0 Å². The van der Waals surface area contributed by atoms with Crippen LogP contribution in [0.4, 0.5) is 0 Å². The van der Waals surface area contributed by atoms with Crippen LogP contribution >= 0.6 is 34.8 Å². The van der Waals surface area contributed by atoms with E-state index in [9.17, 15) is 14.4 Å². The third kappa shape index (κ3) is 15.1. The van der Waals surface area contributed by atoms with Crippen molar-refractivity contribution < 1.29 is 23.9 Å². The maximum atomic E-state index is 12.6. The van der Waals surface area contributed by atoms with Gasteiger partial charge in [0, 0.05) is 6.54 Å². The Labute approximate surface area is 205 Å². The molecule has 0 saturated heterocycles. The van der Waals surface area contributed by atoms with Crippen LogP contribution in [0.15, 0.2) is 0 Å². The first-order chi connectivity index (χ1) is 14.5. The van der Waals surface area contributed by atoms with E-state index < -0.39 is 34.5 Å². The van der Waals surface area contributed by atoms with Gasteiger partial charge in [0.05, 0.1) is 18.4 Å². The number of alkyl halides is 3. The Morgan fingerprint density at radius 3 is 2.12 bits per heavy atom. The van der Waals surface area contributed by atoms with Crippen molar-refractivity contribution >= 4 is 52.6 Å². The second-order valence-corrected chi connectivity index (χ2v) is 11.3. The van der Waals surface area contributed by atoms with Crippen molar-refractivity contribution in [3.05, 3.63) is 0 Å². The maximum Gasteiger partial charge on any atom is 0.323 e. The lowest BCUT2D eigenvalue weighted by Crippen LogP contribution is -2.54. The molecular formula is C20H37Cl3N4O5. The normalized spacial score (nSPS) is 15.1. The Bertz CT molecular complexity index is 609. The summed E-state index contributed by atoms with van der Waals surface area (Å²) in [5.74, 6) is -1.33. The van der Waals surface area contributed by atoms with Crippen LogP contribution in [-0.2, 0) is 23.9 Å². The van der Waals surface area contributed by atoms with E-state index in [4.69, 9.17) is 50.0 Å². The minimum atomic E-state index is -1.70. The van der Waals surface area contributed by atoms with Crippen LogP contribution in [0.1, 0.15) is 54.4 Å². The first-order valence-electron chi connectivity index (χ1n) is 10.5. The van der Waals surface area contributed by atoms with Crippen molar-refractivity contribution in [1.29, 1.82) is 0 Å². The number of esters is 1. The fourth-order valence-electron chi connectivity index (χ4n) is 2.41. The van der Waals surface area contributed by atoms with E-state index in [2.05, 4.69) is 16.0 Å². The second-order valence-electron chi connectivity index (χ2n) is 8.82. The van der Waals surface area contributed by atoms with E-state index in [0.29, 0.717) is 6.42 Å². The third-order valence-corrected chi connectivity index (χ3v) is 4.51. The minimum Gasteiger partial charge on any atom is -0.460 e. The Kier molecular flexibility index (Phi) is 14.0. The molecule has 32 heavy (non-hydrogen) atoms. The lowest BCUT2D eigenvalue weighted by molar-refractivity contribution is -0.145. The molecule has 0 spiro atoms. The van der Waals surface area contributed by atoms with Crippen LogP contribution in [0.25, 0.3) is 0 Å². The molecule has 3 unspecified atom stereocenters. The number of nitrogens with one attached hydrogen (secondary N) is 3. The summed E-state index contributed by atoms with van der Waals surface area (Å²) >= 11 is 16.5. The molecule has 12 heteroatoms. The largest absolute Gasteiger partial charge is 0.460 e. The van der Waals surface area contributed by atoms with Crippen molar-refractivity contribution in [2.24, 2.45) is 11.7 Å². The molecule has 0 aliphatic carbocycles. The van der Waals surface area contributed by atoms with E-state index in [-0.39, 0.29) is 43.0 Å². The maximum absolute atomic E-state index is 12.6. The number of hydrogen-bond acceptors (Lipinski definition) is 7. The quantitative estimate of drug-likeness (QED) is 0.127. The van der Waals surface area contributed by atoms with Crippen LogP contribution in [0.5, 0.6) is 0 Å². The molecule has 0 fully saturated rings. The smallest absolute Gasteiger partial charge is 0.323 e. The lowest BCUT2D eigenvalue weighted by atomic mass is 10.0. The second kappa shape index (κ2) is 14.4. The zero-order chi connectivity index (χ0) is 25.1. The molecule has 0 aromatic rings. The predicted octanol–water partition coefficient (Wildman–Crippen LogP) is 2.02. The number of rotatable bonds is 13. The fourth-order valence-corrected chi connectivity index (χ4v) is 2.58. The van der Waals surface area contributed by atoms with E-state index in [1.807, 2.05) is 34.6 Å². The zero-order valence-electron chi connectivity index (χ0n) is 19.6. The lowest BCUT2D eigenvalue weighted by Gasteiger charge is -2.26. The van der Waals surface area contributed by atoms with Gasteiger partial charge >= 0.3 is 5.97 Å². The average molecular weight is 520 g/mol. The number of nitrogens with two attached hydrogens (primary N) is 1. The molecule has 3 atom stereocenters. The Morgan fingerprint density at radius 1 is 1.03 bits per heavy atom. The van der Waals surface area contributed by atoms with Gasteiger partial charge in [-0.25, -0.2) is 0 Å². The van der Waals surface area contributed by atoms with Gasteiger partial charge < -0.3 is 25.8 Å². The predicted molar refractivity (Wildman–Crippen MR) is 127 cm³/mol. The van der Waals surface area contributed by atoms with Crippen LogP contribution in [0.3, 0.4) is 0 Å². The standard InChI is InChI=1S/C20H37Cl3N4O5/c1-12(2)15(26-11-32-19(4,5)6)17(29)27-13(3)16(28)25-9-7-8-14(24)18(30)31-10-20(21,22)23/h12-15,26H,7-11,24H2,1-6H3,(H,25,28)(H,27,29). The Morgan fingerprint density at radius 2 is 1.62 bits per heavy atom. The number of ether oxygens (including phenoxy) is 2. The summed E-state index contributed by atoms with van der Waals surface area (Å²) in [5.41, 5.74) is 5.39. The summed E-state index contributed by atoms with van der Waals surface area (Å²) in [4.78, 5) is 36.6. The Hall–Kier alpha value is -0.840. The minimum absolute atomic E-state index is 0.00311. The molecule has 0 aliphatic heterocycles. The highest BCUT2D eigenvalue weighted by molar-refractivity contribution is 6.67. The molecule has 5 N–H and O–H groups in total. The van der Waals surface area contributed by atoms with E-state index in [1.54, 1.807) is 6.92 Å². The van der Waals surface area contributed by atoms with Gasteiger partial charge in [-0.05, 0) is 46.5 Å². The molecule has 9 nitrogen and oxygen atoms in total. The van der Waals surface area contributed by atoms with Crippen molar-refractivity contribution in [2.75, 3.05) is 19.9 Å². The summed E-state index contributed by atoms with van der Waals surface area (Å²) in [7, 11) is 0. The van der Waals surface area contributed by atoms with Crippen LogP contribution in [0, 0.1) is 5.92 Å². The zero-order valence-corrected chi connectivity index (χ0v) is 21.9. The summed E-state index contributed by atoms with van der Waals surface area (Å²) in [6.45, 7) is 11.3. The highest BCUT2D eigenvalue weighted by atomic mass is 35.6. The summed E-state index contributed by atoms with van der Waals surface area (Å²) in [5, 5.41) is 8.47. The third-order valence-electron chi connectivity index (χ3n) is 4.18. The summed E-state index contributed by atoms with van der Waals surface area (Å²) in [6.07, 6.45) is 0.698. The number of carbonyl (C=O) groups is 3. The van der Waals surface area contributed by atoms with Gasteiger partial charge in [-0.15, -0.1) is 0 Å². The molecule has 0 aliphatic rings. The topological polar surface area (TPSA) is 132 Å². The number of halogens is 3. The van der Waals surface area contributed by atoms with Gasteiger partial charge in [0.15, 0.2) is 0 Å². The van der Waals surface area contributed by atoms with Crippen molar-refractivity contribution in [3.8, 4) is 0 Å². The molecule has 0 aromatic carbocycles. The van der Waals surface area contributed by atoms with Gasteiger partial charge in [-0.2, -0.15) is 0 Å². The van der Waals surface area contributed by atoms with Crippen LogP contribution in [0.2, 0.25) is 0 Å². The van der Waals surface area contributed by atoms with Crippen molar-refractivity contribution in [2.45, 2.75) is 81.9 Å². The molecule has 0 saturated carbocycles. The molecule has 0 aromatic heterocycles. The first kappa shape index (κ1) is 31.2. The highest BCUT2D eigenvalue weighted by Crippen LogP contribution is 2.26. The molecule has 188 valence electrons. The first-order valence-corrected chi connectivity index (χ1v) is 11.6. The van der Waals surface area contributed by atoms with Gasteiger partial charge in [0.25, 0.3) is 0 Å². The summed E-state index contributed by atoms with van der Waals surface area (Å²) < 4.78 is 8.72. The number of carbonyl (C=O) groups excluding carboxylic acids is 3. The fraction of sp³-hybridized carbons (Fsp3) is 0.850. The van der Waals surface area contributed by atoms with Gasteiger partial charge in [0.1, 0.15) is 18.7 Å². The van der Waals surface area contributed by atoms with Crippen molar-refractivity contribution in [1.82, 2.24) is 16.0 Å². The van der Waals surface area contributed by atoms with Crippen LogP contribution < -0.4 is 21.7 Å². The highest BCUT2D eigenvalue weighted by Gasteiger charge is 2.26. The van der Waals surface area contributed by atoms with Gasteiger partial charge in [0.2, 0.25) is 15.6 Å². The van der Waals surface area contributed by atoms with Crippen LogP contribution in [-0.4, -0.2) is 65.2 Å². The molecule has 0 heterocycles. The van der Waals surface area contributed by atoms with Gasteiger partial charge in [-0.3, -0.25) is 19.7 Å². The Balaban J connectivity index is 4.35. The van der Waals surface area contributed by atoms with E-state index in [1.165, 1.54) is 0 Å².